The predicted molar refractivity (Wildman–Crippen MR) is 80.5 cm³/mol. The van der Waals surface area contributed by atoms with Crippen molar-refractivity contribution in [2.45, 2.75) is 19.6 Å². The van der Waals surface area contributed by atoms with Crippen molar-refractivity contribution in [3.05, 3.63) is 62.8 Å². The minimum absolute atomic E-state index is 0.0585. The maximum atomic E-state index is 13.3. The van der Waals surface area contributed by atoms with Gasteiger partial charge in [0.1, 0.15) is 18.2 Å². The molecule has 0 aliphatic heterocycles. The van der Waals surface area contributed by atoms with Crippen molar-refractivity contribution >= 4 is 27.5 Å². The lowest BCUT2D eigenvalue weighted by Crippen LogP contribution is -2.02. The van der Waals surface area contributed by atoms with Gasteiger partial charge in [0.05, 0.1) is 11.1 Å². The van der Waals surface area contributed by atoms with Gasteiger partial charge in [-0.15, -0.1) is 0 Å². The van der Waals surface area contributed by atoms with Crippen LogP contribution in [0.4, 0.5) is 4.39 Å². The molecule has 0 radical (unpaired) electrons. The van der Waals surface area contributed by atoms with E-state index < -0.39 is 11.9 Å². The van der Waals surface area contributed by atoms with Crippen molar-refractivity contribution in [1.82, 2.24) is 0 Å². The summed E-state index contributed by atoms with van der Waals surface area (Å²) in [5, 5.41) is 9.80. The van der Waals surface area contributed by atoms with Gasteiger partial charge in [-0.1, -0.05) is 39.7 Å². The summed E-state index contributed by atoms with van der Waals surface area (Å²) in [7, 11) is 0. The smallest absolute Gasteiger partial charge is 0.142 e. The molecular weight excluding hydrogens is 347 g/mol. The van der Waals surface area contributed by atoms with Crippen LogP contribution in [0.2, 0.25) is 5.02 Å². The Kier molecular flexibility index (Phi) is 5.02. The Labute approximate surface area is 130 Å². The molecule has 0 aliphatic carbocycles. The van der Waals surface area contributed by atoms with E-state index in [-0.39, 0.29) is 11.6 Å². The number of benzene rings is 2. The third-order valence-electron chi connectivity index (χ3n) is 2.84. The third-order valence-corrected chi connectivity index (χ3v) is 3.75. The lowest BCUT2D eigenvalue weighted by molar-refractivity contribution is 0.190. The van der Waals surface area contributed by atoms with E-state index >= 15 is 0 Å². The average Bonchev–Trinajstić information content (AvgIpc) is 2.41. The number of hydrogen-bond donors (Lipinski definition) is 1. The fourth-order valence-corrected chi connectivity index (χ4v) is 2.35. The molecule has 0 bridgehead atoms. The SMILES string of the molecule is C[C@H](O)c1cc(Br)ccc1OCc1cccc(F)c1Cl. The van der Waals surface area contributed by atoms with Crippen molar-refractivity contribution in [3.8, 4) is 5.75 Å². The molecule has 0 saturated heterocycles. The summed E-state index contributed by atoms with van der Waals surface area (Å²) in [5.74, 6) is 0.0721. The largest absolute Gasteiger partial charge is 0.488 e. The predicted octanol–water partition coefficient (Wildman–Crippen LogP) is 4.87. The van der Waals surface area contributed by atoms with Gasteiger partial charge in [0.25, 0.3) is 0 Å². The highest BCUT2D eigenvalue weighted by molar-refractivity contribution is 9.10. The summed E-state index contributed by atoms with van der Waals surface area (Å²) in [6.45, 7) is 1.79. The van der Waals surface area contributed by atoms with Crippen LogP contribution in [0.25, 0.3) is 0 Å². The van der Waals surface area contributed by atoms with Crippen molar-refractivity contribution in [2.75, 3.05) is 0 Å². The number of ether oxygens (including phenoxy) is 1. The topological polar surface area (TPSA) is 29.5 Å². The zero-order chi connectivity index (χ0) is 14.7. The minimum Gasteiger partial charge on any atom is -0.488 e. The van der Waals surface area contributed by atoms with Crippen molar-refractivity contribution in [1.29, 1.82) is 0 Å². The molecular formula is C15H13BrClFO2. The fourth-order valence-electron chi connectivity index (χ4n) is 1.79. The van der Waals surface area contributed by atoms with Crippen LogP contribution in [0.15, 0.2) is 40.9 Å². The lowest BCUT2D eigenvalue weighted by Gasteiger charge is -2.14. The van der Waals surface area contributed by atoms with Crippen LogP contribution in [0.5, 0.6) is 5.75 Å². The quantitative estimate of drug-likeness (QED) is 0.843. The Hall–Kier alpha value is -1.10. The van der Waals surface area contributed by atoms with Crippen molar-refractivity contribution in [2.24, 2.45) is 0 Å². The summed E-state index contributed by atoms with van der Waals surface area (Å²) in [4.78, 5) is 0. The first kappa shape index (κ1) is 15.3. The van der Waals surface area contributed by atoms with E-state index in [2.05, 4.69) is 15.9 Å². The van der Waals surface area contributed by atoms with Crippen molar-refractivity contribution in [3.63, 3.8) is 0 Å². The minimum atomic E-state index is -0.662. The van der Waals surface area contributed by atoms with Crippen LogP contribution in [0.1, 0.15) is 24.2 Å². The van der Waals surface area contributed by atoms with E-state index in [9.17, 15) is 9.50 Å². The zero-order valence-electron chi connectivity index (χ0n) is 10.7. The summed E-state index contributed by atoms with van der Waals surface area (Å²) >= 11 is 9.22. The van der Waals surface area contributed by atoms with E-state index in [1.807, 2.05) is 6.07 Å². The lowest BCUT2D eigenvalue weighted by atomic mass is 10.1. The maximum absolute atomic E-state index is 13.3. The fraction of sp³-hybridized carbons (Fsp3) is 0.200. The molecule has 0 amide bonds. The molecule has 1 atom stereocenters. The molecule has 0 aliphatic rings. The molecule has 2 rings (SSSR count). The van der Waals surface area contributed by atoms with Gasteiger partial charge < -0.3 is 9.84 Å². The number of aliphatic hydroxyl groups excluding tert-OH is 1. The first-order valence-corrected chi connectivity index (χ1v) is 7.19. The third kappa shape index (κ3) is 3.51. The Bertz CT molecular complexity index is 617. The average molecular weight is 360 g/mol. The highest BCUT2D eigenvalue weighted by Gasteiger charge is 2.12. The summed E-state index contributed by atoms with van der Waals surface area (Å²) in [6.07, 6.45) is -0.662. The van der Waals surface area contributed by atoms with Gasteiger partial charge in [-0.05, 0) is 31.2 Å². The molecule has 0 heterocycles. The van der Waals surface area contributed by atoms with Crippen LogP contribution in [0, 0.1) is 5.82 Å². The Morgan fingerprint density at radius 2 is 2.10 bits per heavy atom. The second kappa shape index (κ2) is 6.57. The van der Waals surface area contributed by atoms with Crippen molar-refractivity contribution < 1.29 is 14.2 Å². The molecule has 2 aromatic rings. The van der Waals surface area contributed by atoms with Gasteiger partial charge in [-0.25, -0.2) is 4.39 Å². The van der Waals surface area contributed by atoms with Crippen LogP contribution in [-0.4, -0.2) is 5.11 Å². The number of aliphatic hydroxyl groups is 1. The van der Waals surface area contributed by atoms with Gasteiger partial charge in [0.2, 0.25) is 0 Å². The number of rotatable bonds is 4. The molecule has 5 heteroatoms. The molecule has 0 spiro atoms. The highest BCUT2D eigenvalue weighted by atomic mass is 79.9. The maximum Gasteiger partial charge on any atom is 0.142 e. The van der Waals surface area contributed by atoms with Gasteiger partial charge in [0, 0.05) is 15.6 Å². The molecule has 106 valence electrons. The van der Waals surface area contributed by atoms with Crippen LogP contribution < -0.4 is 4.74 Å². The normalized spacial score (nSPS) is 12.2. The van der Waals surface area contributed by atoms with Gasteiger partial charge in [-0.2, -0.15) is 0 Å². The second-order valence-electron chi connectivity index (χ2n) is 4.36. The Morgan fingerprint density at radius 1 is 1.35 bits per heavy atom. The summed E-state index contributed by atoms with van der Waals surface area (Å²) < 4.78 is 19.8. The molecule has 0 saturated carbocycles. The molecule has 2 aromatic carbocycles. The van der Waals surface area contributed by atoms with Crippen LogP contribution >= 0.6 is 27.5 Å². The molecule has 0 aromatic heterocycles. The summed E-state index contributed by atoms with van der Waals surface area (Å²) in [5.41, 5.74) is 1.22. The van der Waals surface area contributed by atoms with E-state index in [4.69, 9.17) is 16.3 Å². The van der Waals surface area contributed by atoms with Crippen LogP contribution in [-0.2, 0) is 6.61 Å². The summed E-state index contributed by atoms with van der Waals surface area (Å²) in [6, 6.07) is 9.93. The Morgan fingerprint density at radius 3 is 2.80 bits per heavy atom. The molecule has 20 heavy (non-hydrogen) atoms. The van der Waals surface area contributed by atoms with E-state index in [1.54, 1.807) is 31.2 Å². The molecule has 0 unspecified atom stereocenters. The zero-order valence-corrected chi connectivity index (χ0v) is 13.1. The molecule has 2 nitrogen and oxygen atoms in total. The van der Waals surface area contributed by atoms with E-state index in [0.29, 0.717) is 16.9 Å². The van der Waals surface area contributed by atoms with Crippen LogP contribution in [0.3, 0.4) is 0 Å². The van der Waals surface area contributed by atoms with E-state index in [0.717, 1.165) is 4.47 Å². The number of hydrogen-bond acceptors (Lipinski definition) is 2. The monoisotopic (exact) mass is 358 g/mol. The first-order chi connectivity index (χ1) is 9.49. The van der Waals surface area contributed by atoms with Gasteiger partial charge in [-0.3, -0.25) is 0 Å². The first-order valence-electron chi connectivity index (χ1n) is 6.02. The molecule has 0 fully saturated rings. The number of halogens is 3. The van der Waals surface area contributed by atoms with Gasteiger partial charge in [0.15, 0.2) is 0 Å². The highest BCUT2D eigenvalue weighted by Crippen LogP contribution is 2.30. The van der Waals surface area contributed by atoms with Gasteiger partial charge >= 0.3 is 0 Å². The Balaban J connectivity index is 2.21. The van der Waals surface area contributed by atoms with E-state index in [1.165, 1.54) is 6.07 Å². The molecule has 1 N–H and O–H groups in total. The second-order valence-corrected chi connectivity index (χ2v) is 5.65. The standard InChI is InChI=1S/C15H13BrClFO2/c1-9(19)12-7-11(16)5-6-14(12)20-8-10-3-2-4-13(18)15(10)17/h2-7,9,19H,8H2,1H3/t9-/m0/s1.